The van der Waals surface area contributed by atoms with Crippen molar-refractivity contribution < 1.29 is 14.5 Å². The van der Waals surface area contributed by atoms with Crippen LogP contribution >= 0.6 is 0 Å². The predicted molar refractivity (Wildman–Crippen MR) is 88.4 cm³/mol. The summed E-state index contributed by atoms with van der Waals surface area (Å²) in [5.41, 5.74) is 1.46. The van der Waals surface area contributed by atoms with Crippen molar-refractivity contribution in [3.8, 4) is 5.75 Å². The van der Waals surface area contributed by atoms with Crippen LogP contribution in [0.1, 0.15) is 10.4 Å². The molecule has 1 N–H and O–H groups in total. The molecule has 120 valence electrons. The second-order valence-electron chi connectivity index (χ2n) is 5.04. The van der Waals surface area contributed by atoms with Gasteiger partial charge in [-0.3, -0.25) is 14.9 Å². The van der Waals surface area contributed by atoms with E-state index in [1.54, 1.807) is 18.2 Å². The molecular weight excluding hydrogens is 298 g/mol. The molecule has 0 saturated carbocycles. The molecule has 0 atom stereocenters. The van der Waals surface area contributed by atoms with Crippen molar-refractivity contribution in [3.63, 3.8) is 0 Å². The van der Waals surface area contributed by atoms with Crippen LogP contribution in [0.15, 0.2) is 42.5 Å². The largest absolute Gasteiger partial charge is 0.495 e. The van der Waals surface area contributed by atoms with E-state index >= 15 is 0 Å². The highest BCUT2D eigenvalue weighted by Gasteiger charge is 2.15. The number of rotatable bonds is 5. The van der Waals surface area contributed by atoms with Crippen molar-refractivity contribution in [3.05, 3.63) is 58.1 Å². The van der Waals surface area contributed by atoms with E-state index in [1.165, 1.54) is 25.3 Å². The van der Waals surface area contributed by atoms with Crippen LogP contribution in [0.5, 0.6) is 5.75 Å². The van der Waals surface area contributed by atoms with Gasteiger partial charge in [0.25, 0.3) is 11.6 Å². The smallest absolute Gasteiger partial charge is 0.271 e. The fourth-order valence-electron chi connectivity index (χ4n) is 2.03. The summed E-state index contributed by atoms with van der Waals surface area (Å²) in [5, 5.41) is 13.5. The van der Waals surface area contributed by atoms with E-state index in [4.69, 9.17) is 4.74 Å². The van der Waals surface area contributed by atoms with Crippen LogP contribution in [-0.2, 0) is 0 Å². The number of hydrogen-bond donors (Lipinski definition) is 1. The standard InChI is InChI=1S/C16H17N3O4/c1-18(2)12-6-4-5-11(9-12)16(20)17-14-10-13(19(21)22)7-8-15(14)23-3/h4-10H,1-3H3,(H,17,20). The zero-order valence-electron chi connectivity index (χ0n) is 13.1. The molecule has 0 radical (unpaired) electrons. The third-order valence-electron chi connectivity index (χ3n) is 3.27. The van der Waals surface area contributed by atoms with Crippen molar-refractivity contribution >= 4 is 23.0 Å². The second-order valence-corrected chi connectivity index (χ2v) is 5.04. The highest BCUT2D eigenvalue weighted by Crippen LogP contribution is 2.29. The fourth-order valence-corrected chi connectivity index (χ4v) is 2.03. The van der Waals surface area contributed by atoms with Crippen molar-refractivity contribution in [2.75, 3.05) is 31.4 Å². The van der Waals surface area contributed by atoms with Crippen molar-refractivity contribution in [2.24, 2.45) is 0 Å². The van der Waals surface area contributed by atoms with E-state index in [0.717, 1.165) is 5.69 Å². The molecule has 7 heteroatoms. The van der Waals surface area contributed by atoms with E-state index in [1.807, 2.05) is 25.1 Å². The third-order valence-corrected chi connectivity index (χ3v) is 3.27. The molecule has 0 aliphatic carbocycles. The molecule has 7 nitrogen and oxygen atoms in total. The summed E-state index contributed by atoms with van der Waals surface area (Å²) in [6.07, 6.45) is 0. The molecule has 0 heterocycles. The molecular formula is C16H17N3O4. The molecule has 1 amide bonds. The minimum absolute atomic E-state index is 0.122. The molecule has 23 heavy (non-hydrogen) atoms. The average molecular weight is 315 g/mol. The van der Waals surface area contributed by atoms with Crippen LogP contribution < -0.4 is 15.0 Å². The van der Waals surface area contributed by atoms with Crippen LogP contribution in [0, 0.1) is 10.1 Å². The normalized spacial score (nSPS) is 10.0. The molecule has 0 bridgehead atoms. The molecule has 2 rings (SSSR count). The van der Waals surface area contributed by atoms with Gasteiger partial charge < -0.3 is 15.0 Å². The first kappa shape index (κ1) is 16.3. The fraction of sp³-hybridized carbons (Fsp3) is 0.188. The molecule has 2 aromatic carbocycles. The first-order chi connectivity index (χ1) is 10.9. The Morgan fingerprint density at radius 2 is 1.96 bits per heavy atom. The molecule has 0 aliphatic rings. The number of carbonyl (C=O) groups excluding carboxylic acids is 1. The maximum Gasteiger partial charge on any atom is 0.271 e. The van der Waals surface area contributed by atoms with E-state index in [-0.39, 0.29) is 17.3 Å². The third kappa shape index (κ3) is 3.76. The van der Waals surface area contributed by atoms with Crippen molar-refractivity contribution in [2.45, 2.75) is 0 Å². The summed E-state index contributed by atoms with van der Waals surface area (Å²) in [4.78, 5) is 24.6. The van der Waals surface area contributed by atoms with Crippen LogP contribution in [0.4, 0.5) is 17.1 Å². The van der Waals surface area contributed by atoms with Gasteiger partial charge in [0.2, 0.25) is 0 Å². The summed E-state index contributed by atoms with van der Waals surface area (Å²) in [7, 11) is 5.19. The molecule has 0 unspecified atom stereocenters. The summed E-state index contributed by atoms with van der Waals surface area (Å²) in [5.74, 6) is -0.0137. The number of benzene rings is 2. The SMILES string of the molecule is COc1ccc([N+](=O)[O-])cc1NC(=O)c1cccc(N(C)C)c1. The Kier molecular flexibility index (Phi) is 4.80. The zero-order chi connectivity index (χ0) is 17.0. The molecule has 2 aromatic rings. The summed E-state index contributed by atoms with van der Waals surface area (Å²) < 4.78 is 5.13. The average Bonchev–Trinajstić information content (AvgIpc) is 2.54. The summed E-state index contributed by atoms with van der Waals surface area (Å²) in [6.45, 7) is 0. The van der Waals surface area contributed by atoms with Crippen LogP contribution in [-0.4, -0.2) is 32.0 Å². The first-order valence-electron chi connectivity index (χ1n) is 6.83. The summed E-state index contributed by atoms with van der Waals surface area (Å²) in [6, 6.07) is 11.1. The van der Waals surface area contributed by atoms with E-state index in [0.29, 0.717) is 11.3 Å². The van der Waals surface area contributed by atoms with Crippen LogP contribution in [0.3, 0.4) is 0 Å². The Bertz CT molecular complexity index is 744. The number of amides is 1. The van der Waals surface area contributed by atoms with Gasteiger partial charge in [0.1, 0.15) is 5.75 Å². The Hall–Kier alpha value is -3.09. The first-order valence-corrected chi connectivity index (χ1v) is 6.83. The number of nitro benzene ring substituents is 1. The second kappa shape index (κ2) is 6.78. The number of nitrogens with one attached hydrogen (secondary N) is 1. The lowest BCUT2D eigenvalue weighted by molar-refractivity contribution is -0.384. The number of non-ortho nitro benzene ring substituents is 1. The van der Waals surface area contributed by atoms with Gasteiger partial charge in [-0.05, 0) is 24.3 Å². The number of anilines is 2. The number of ether oxygens (including phenoxy) is 1. The molecule has 0 fully saturated rings. The highest BCUT2D eigenvalue weighted by molar-refractivity contribution is 6.05. The molecule has 0 aliphatic heterocycles. The van der Waals surface area contributed by atoms with Gasteiger partial charge in [0.15, 0.2) is 0 Å². The van der Waals surface area contributed by atoms with Gasteiger partial charge in [-0.25, -0.2) is 0 Å². The molecule has 0 aromatic heterocycles. The lowest BCUT2D eigenvalue weighted by Crippen LogP contribution is -2.14. The van der Waals surface area contributed by atoms with Crippen LogP contribution in [0.2, 0.25) is 0 Å². The molecule has 0 saturated heterocycles. The quantitative estimate of drug-likeness (QED) is 0.677. The lowest BCUT2D eigenvalue weighted by atomic mass is 10.1. The van der Waals surface area contributed by atoms with E-state index in [9.17, 15) is 14.9 Å². The Balaban J connectivity index is 2.31. The van der Waals surface area contributed by atoms with Gasteiger partial charge in [-0.2, -0.15) is 0 Å². The van der Waals surface area contributed by atoms with E-state index in [2.05, 4.69) is 5.32 Å². The molecule has 0 spiro atoms. The minimum Gasteiger partial charge on any atom is -0.495 e. The minimum atomic E-state index is -0.526. The van der Waals surface area contributed by atoms with Crippen molar-refractivity contribution in [1.29, 1.82) is 0 Å². The Morgan fingerprint density at radius 1 is 1.22 bits per heavy atom. The monoisotopic (exact) mass is 315 g/mol. The van der Waals surface area contributed by atoms with Gasteiger partial charge >= 0.3 is 0 Å². The van der Waals surface area contributed by atoms with Gasteiger partial charge in [0, 0.05) is 37.5 Å². The van der Waals surface area contributed by atoms with Gasteiger partial charge in [0.05, 0.1) is 17.7 Å². The zero-order valence-corrected chi connectivity index (χ0v) is 13.1. The number of carbonyl (C=O) groups is 1. The number of nitro groups is 1. The van der Waals surface area contributed by atoms with E-state index < -0.39 is 4.92 Å². The van der Waals surface area contributed by atoms with Crippen molar-refractivity contribution in [1.82, 2.24) is 0 Å². The van der Waals surface area contributed by atoms with Crippen LogP contribution in [0.25, 0.3) is 0 Å². The Labute approximate surface area is 133 Å². The lowest BCUT2D eigenvalue weighted by Gasteiger charge is -2.14. The summed E-state index contributed by atoms with van der Waals surface area (Å²) >= 11 is 0. The van der Waals surface area contributed by atoms with Gasteiger partial charge in [-0.1, -0.05) is 6.07 Å². The maximum atomic E-state index is 12.4. The van der Waals surface area contributed by atoms with Gasteiger partial charge in [-0.15, -0.1) is 0 Å². The number of hydrogen-bond acceptors (Lipinski definition) is 5. The number of methoxy groups -OCH3 is 1. The maximum absolute atomic E-state index is 12.4. The predicted octanol–water partition coefficient (Wildman–Crippen LogP) is 2.92. The highest BCUT2D eigenvalue weighted by atomic mass is 16.6. The Morgan fingerprint density at radius 3 is 2.57 bits per heavy atom. The topological polar surface area (TPSA) is 84.7 Å². The number of nitrogens with zero attached hydrogens (tertiary/aromatic N) is 2.